The van der Waals surface area contributed by atoms with Crippen LogP contribution in [0.4, 0.5) is 5.69 Å². The predicted molar refractivity (Wildman–Crippen MR) is 92.6 cm³/mol. The molecule has 2 aromatic rings. The molecule has 0 aromatic heterocycles. The maximum atomic E-state index is 3.51. The molecule has 1 nitrogen and oxygen atoms in total. The molecular weight excluding hydrogens is 258 g/mol. The summed E-state index contributed by atoms with van der Waals surface area (Å²) in [6, 6.07) is 17.8. The van der Waals surface area contributed by atoms with E-state index in [1.807, 2.05) is 0 Å². The number of hydrogen-bond acceptors (Lipinski definition) is 1. The third-order valence-electron chi connectivity index (χ3n) is 3.65. The summed E-state index contributed by atoms with van der Waals surface area (Å²) < 4.78 is 0. The lowest BCUT2D eigenvalue weighted by atomic mass is 10.1. The zero-order valence-corrected chi connectivity index (χ0v) is 14.0. The van der Waals surface area contributed by atoms with Gasteiger partial charge >= 0.3 is 0 Å². The van der Waals surface area contributed by atoms with Gasteiger partial charge in [-0.05, 0) is 29.7 Å². The number of hydrogen-bond donors (Lipinski definition) is 1. The molecule has 0 spiro atoms. The van der Waals surface area contributed by atoms with Crippen molar-refractivity contribution in [3.63, 3.8) is 0 Å². The van der Waals surface area contributed by atoms with Crippen LogP contribution in [0.25, 0.3) is 0 Å². The summed E-state index contributed by atoms with van der Waals surface area (Å²) >= 11 is 0. The number of benzene rings is 2. The third-order valence-corrected chi connectivity index (χ3v) is 5.72. The quantitative estimate of drug-likeness (QED) is 0.802. The molecule has 0 fully saturated rings. The minimum atomic E-state index is -1.18. The van der Waals surface area contributed by atoms with Crippen molar-refractivity contribution in [2.75, 3.05) is 5.32 Å². The Balaban J connectivity index is 2.00. The molecule has 0 aliphatic heterocycles. The highest BCUT2D eigenvalue weighted by molar-refractivity contribution is 6.88. The summed E-state index contributed by atoms with van der Waals surface area (Å²) in [5.41, 5.74) is 3.93. The van der Waals surface area contributed by atoms with Crippen LogP contribution < -0.4 is 10.5 Å². The number of nitrogens with one attached hydrogen (secondary N) is 1. The molecule has 2 heteroatoms. The molecule has 106 valence electrons. The second kappa shape index (κ2) is 6.27. The van der Waals surface area contributed by atoms with Gasteiger partial charge in [0.2, 0.25) is 0 Å². The lowest BCUT2D eigenvalue weighted by Gasteiger charge is -2.17. The fourth-order valence-corrected chi connectivity index (χ4v) is 3.39. The van der Waals surface area contributed by atoms with Crippen LogP contribution in [-0.2, 0) is 13.0 Å². The largest absolute Gasteiger partial charge is 0.381 e. The Hall–Kier alpha value is -1.54. The summed E-state index contributed by atoms with van der Waals surface area (Å²) in [6.45, 7) is 10.2. The van der Waals surface area contributed by atoms with Crippen LogP contribution in [0, 0.1) is 0 Å². The van der Waals surface area contributed by atoms with Gasteiger partial charge in [0.05, 0.1) is 8.07 Å². The van der Waals surface area contributed by atoms with Gasteiger partial charge < -0.3 is 5.32 Å². The molecular formula is C18H25NSi. The monoisotopic (exact) mass is 283 g/mol. The SMILES string of the molecule is CCc1cccc(NCc2ccc([Si](C)(C)C)cc2)c1. The van der Waals surface area contributed by atoms with Crippen molar-refractivity contribution in [3.8, 4) is 0 Å². The van der Waals surface area contributed by atoms with E-state index in [2.05, 4.69) is 80.4 Å². The fourth-order valence-electron chi connectivity index (χ4n) is 2.23. The van der Waals surface area contributed by atoms with Crippen molar-refractivity contribution in [2.24, 2.45) is 0 Å². The van der Waals surface area contributed by atoms with E-state index < -0.39 is 8.07 Å². The van der Waals surface area contributed by atoms with Gasteiger partial charge in [0.25, 0.3) is 0 Å². The van der Waals surface area contributed by atoms with Gasteiger partial charge in [-0.15, -0.1) is 0 Å². The first kappa shape index (κ1) is 14.9. The molecule has 20 heavy (non-hydrogen) atoms. The maximum Gasteiger partial charge on any atom is 0.0775 e. The van der Waals surface area contributed by atoms with Crippen LogP contribution in [0.3, 0.4) is 0 Å². The summed E-state index contributed by atoms with van der Waals surface area (Å²) in [5.74, 6) is 0. The molecule has 1 N–H and O–H groups in total. The third kappa shape index (κ3) is 3.97. The molecule has 0 radical (unpaired) electrons. The van der Waals surface area contributed by atoms with Crippen LogP contribution in [0.15, 0.2) is 48.5 Å². The van der Waals surface area contributed by atoms with Crippen molar-refractivity contribution in [3.05, 3.63) is 59.7 Å². The molecule has 0 saturated carbocycles. The van der Waals surface area contributed by atoms with E-state index in [1.54, 1.807) is 0 Å². The molecule has 0 aliphatic rings. The Kier molecular flexibility index (Phi) is 4.66. The molecule has 0 saturated heterocycles. The Morgan fingerprint density at radius 2 is 1.60 bits per heavy atom. The Morgan fingerprint density at radius 3 is 2.20 bits per heavy atom. The number of aryl methyl sites for hydroxylation is 1. The van der Waals surface area contributed by atoms with Crippen molar-refractivity contribution >= 4 is 18.9 Å². The van der Waals surface area contributed by atoms with Crippen molar-refractivity contribution < 1.29 is 0 Å². The lowest BCUT2D eigenvalue weighted by molar-refractivity contribution is 1.12. The van der Waals surface area contributed by atoms with E-state index >= 15 is 0 Å². The normalized spacial score (nSPS) is 11.4. The van der Waals surface area contributed by atoms with E-state index in [9.17, 15) is 0 Å². The molecule has 0 atom stereocenters. The van der Waals surface area contributed by atoms with Crippen molar-refractivity contribution in [1.82, 2.24) is 0 Å². The molecule has 0 heterocycles. The van der Waals surface area contributed by atoms with E-state index in [0.717, 1.165) is 13.0 Å². The van der Waals surface area contributed by atoms with Crippen LogP contribution in [-0.4, -0.2) is 8.07 Å². The fraction of sp³-hybridized carbons (Fsp3) is 0.333. The Morgan fingerprint density at radius 1 is 0.900 bits per heavy atom. The van der Waals surface area contributed by atoms with Gasteiger partial charge in [-0.25, -0.2) is 0 Å². The number of rotatable bonds is 5. The Labute approximate surface area is 124 Å². The van der Waals surface area contributed by atoms with E-state index in [-0.39, 0.29) is 0 Å². The van der Waals surface area contributed by atoms with Gasteiger partial charge in [-0.2, -0.15) is 0 Å². The molecule has 0 amide bonds. The highest BCUT2D eigenvalue weighted by Gasteiger charge is 2.15. The van der Waals surface area contributed by atoms with Crippen LogP contribution in [0.1, 0.15) is 18.1 Å². The van der Waals surface area contributed by atoms with Gasteiger partial charge in [-0.3, -0.25) is 0 Å². The van der Waals surface area contributed by atoms with Gasteiger partial charge in [0.1, 0.15) is 0 Å². The second-order valence-electron chi connectivity index (χ2n) is 6.35. The van der Waals surface area contributed by atoms with Crippen molar-refractivity contribution in [1.29, 1.82) is 0 Å². The summed E-state index contributed by atoms with van der Waals surface area (Å²) in [5, 5.41) is 5.03. The number of anilines is 1. The summed E-state index contributed by atoms with van der Waals surface area (Å²) in [4.78, 5) is 0. The standard InChI is InChI=1S/C18H25NSi/c1-5-15-7-6-8-17(13-15)19-14-16-9-11-18(12-10-16)20(2,3)4/h6-13,19H,5,14H2,1-4H3. The maximum absolute atomic E-state index is 3.51. The average Bonchev–Trinajstić information content (AvgIpc) is 2.45. The molecule has 2 rings (SSSR count). The second-order valence-corrected chi connectivity index (χ2v) is 11.4. The lowest BCUT2D eigenvalue weighted by Crippen LogP contribution is -2.37. The van der Waals surface area contributed by atoms with E-state index in [1.165, 1.54) is 22.0 Å². The molecule has 0 unspecified atom stereocenters. The minimum absolute atomic E-state index is 0.888. The van der Waals surface area contributed by atoms with Crippen LogP contribution >= 0.6 is 0 Å². The predicted octanol–water partition coefficient (Wildman–Crippen LogP) is 4.41. The molecule has 0 aliphatic carbocycles. The topological polar surface area (TPSA) is 12.0 Å². The summed E-state index contributed by atoms with van der Waals surface area (Å²) in [7, 11) is -1.18. The first-order chi connectivity index (χ1) is 9.49. The van der Waals surface area contributed by atoms with Gasteiger partial charge in [0, 0.05) is 12.2 Å². The average molecular weight is 283 g/mol. The highest BCUT2D eigenvalue weighted by atomic mass is 28.3. The minimum Gasteiger partial charge on any atom is -0.381 e. The van der Waals surface area contributed by atoms with E-state index in [0.29, 0.717) is 0 Å². The molecule has 0 bridgehead atoms. The zero-order valence-electron chi connectivity index (χ0n) is 13.0. The highest BCUT2D eigenvalue weighted by Crippen LogP contribution is 2.13. The smallest absolute Gasteiger partial charge is 0.0775 e. The first-order valence-electron chi connectivity index (χ1n) is 7.41. The first-order valence-corrected chi connectivity index (χ1v) is 10.9. The van der Waals surface area contributed by atoms with Crippen LogP contribution in [0.5, 0.6) is 0 Å². The summed E-state index contributed by atoms with van der Waals surface area (Å²) in [6.07, 6.45) is 1.08. The van der Waals surface area contributed by atoms with Crippen molar-refractivity contribution in [2.45, 2.75) is 39.5 Å². The van der Waals surface area contributed by atoms with E-state index in [4.69, 9.17) is 0 Å². The van der Waals surface area contributed by atoms with Gasteiger partial charge in [-0.1, -0.05) is 68.1 Å². The zero-order chi connectivity index (χ0) is 14.6. The van der Waals surface area contributed by atoms with Crippen LogP contribution in [0.2, 0.25) is 19.6 Å². The molecule has 2 aromatic carbocycles. The Bertz CT molecular complexity index is 552. The van der Waals surface area contributed by atoms with Gasteiger partial charge in [0.15, 0.2) is 0 Å².